The van der Waals surface area contributed by atoms with Crippen LogP contribution in [-0.2, 0) is 13.0 Å². The second-order valence-electron chi connectivity index (χ2n) is 3.37. The maximum absolute atomic E-state index is 8.51. The molecule has 76 valence electrons. The molecule has 0 spiro atoms. The second-order valence-corrected chi connectivity index (χ2v) is 4.37. The van der Waals surface area contributed by atoms with Crippen LogP contribution in [0.2, 0.25) is 0 Å². The molecule has 1 heterocycles. The van der Waals surface area contributed by atoms with Crippen LogP contribution in [0.15, 0.2) is 11.4 Å². The van der Waals surface area contributed by atoms with E-state index in [-0.39, 0.29) is 6.04 Å². The lowest BCUT2D eigenvalue weighted by Gasteiger charge is -2.09. The number of rotatable bonds is 5. The van der Waals surface area contributed by atoms with Gasteiger partial charge in [0.2, 0.25) is 0 Å². The van der Waals surface area contributed by atoms with Gasteiger partial charge in [-0.25, -0.2) is 0 Å². The zero-order valence-electron chi connectivity index (χ0n) is 8.71. The fraction of sp³-hybridized carbons (Fsp3) is 0.545. The van der Waals surface area contributed by atoms with E-state index in [9.17, 15) is 0 Å². The third-order valence-corrected chi connectivity index (χ3v) is 3.19. The van der Waals surface area contributed by atoms with Crippen molar-refractivity contribution in [2.75, 3.05) is 0 Å². The number of nitrogens with zero attached hydrogens (tertiary/aromatic N) is 1. The predicted octanol–water partition coefficient (Wildman–Crippen LogP) is 2.70. The number of nitriles is 1. The molecule has 14 heavy (non-hydrogen) atoms. The molecule has 1 rings (SSSR count). The molecular formula is C11H16N2S. The van der Waals surface area contributed by atoms with Gasteiger partial charge in [-0.15, -0.1) is 11.3 Å². The smallest absolute Gasteiger partial charge is 0.0638 e. The highest BCUT2D eigenvalue weighted by atomic mass is 32.1. The molecule has 0 aliphatic carbocycles. The summed E-state index contributed by atoms with van der Waals surface area (Å²) in [7, 11) is 0. The first-order valence-corrected chi connectivity index (χ1v) is 5.81. The van der Waals surface area contributed by atoms with Crippen LogP contribution in [0.1, 0.15) is 30.7 Å². The molecule has 3 heteroatoms. The minimum atomic E-state index is 0.284. The van der Waals surface area contributed by atoms with Gasteiger partial charge in [0, 0.05) is 17.5 Å². The minimum absolute atomic E-state index is 0.284. The topological polar surface area (TPSA) is 35.8 Å². The van der Waals surface area contributed by atoms with Gasteiger partial charge in [0.15, 0.2) is 0 Å². The lowest BCUT2D eigenvalue weighted by atomic mass is 10.2. The van der Waals surface area contributed by atoms with E-state index in [4.69, 9.17) is 5.26 Å². The molecule has 1 unspecified atom stereocenters. The number of thiophene rings is 1. The van der Waals surface area contributed by atoms with E-state index in [0.29, 0.717) is 6.42 Å². The summed E-state index contributed by atoms with van der Waals surface area (Å²) in [6, 6.07) is 4.63. The van der Waals surface area contributed by atoms with Crippen molar-refractivity contribution < 1.29 is 0 Å². The molecular weight excluding hydrogens is 192 g/mol. The summed E-state index contributed by atoms with van der Waals surface area (Å²) < 4.78 is 0. The highest BCUT2D eigenvalue weighted by molar-refractivity contribution is 7.10. The first-order chi connectivity index (χ1) is 6.77. The van der Waals surface area contributed by atoms with Crippen LogP contribution in [0.4, 0.5) is 0 Å². The van der Waals surface area contributed by atoms with E-state index in [1.165, 1.54) is 10.4 Å². The van der Waals surface area contributed by atoms with Crippen molar-refractivity contribution in [1.82, 2.24) is 5.32 Å². The second kappa shape index (κ2) is 5.79. The third kappa shape index (κ3) is 3.13. The molecule has 0 amide bonds. The molecule has 0 radical (unpaired) electrons. The van der Waals surface area contributed by atoms with E-state index in [1.54, 1.807) is 11.3 Å². The Kier molecular flexibility index (Phi) is 4.64. The van der Waals surface area contributed by atoms with E-state index >= 15 is 0 Å². The monoisotopic (exact) mass is 208 g/mol. The summed E-state index contributed by atoms with van der Waals surface area (Å²) in [4.78, 5) is 1.40. The molecule has 0 aliphatic heterocycles. The van der Waals surface area contributed by atoms with Gasteiger partial charge < -0.3 is 5.32 Å². The Balaban J connectivity index is 2.42. The van der Waals surface area contributed by atoms with Crippen molar-refractivity contribution in [2.24, 2.45) is 0 Å². The van der Waals surface area contributed by atoms with Crippen molar-refractivity contribution in [3.63, 3.8) is 0 Å². The molecule has 0 aliphatic rings. The summed E-state index contributed by atoms with van der Waals surface area (Å²) in [6.45, 7) is 5.11. The molecule has 1 aromatic heterocycles. The third-order valence-electron chi connectivity index (χ3n) is 2.23. The lowest BCUT2D eigenvalue weighted by molar-refractivity contribution is 0.559. The maximum atomic E-state index is 8.51. The molecule has 2 nitrogen and oxygen atoms in total. The standard InChI is InChI=1S/C11H16N2S/c1-3-10-5-7-14-11(10)8-13-9(2)4-6-12/h5,7,9,13H,3-4,8H2,1-2H3. The maximum Gasteiger partial charge on any atom is 0.0638 e. The average Bonchev–Trinajstić information content (AvgIpc) is 2.62. The fourth-order valence-corrected chi connectivity index (χ4v) is 2.24. The fourth-order valence-electron chi connectivity index (χ4n) is 1.31. The highest BCUT2D eigenvalue weighted by Crippen LogP contribution is 2.17. The SMILES string of the molecule is CCc1ccsc1CNC(C)CC#N. The van der Waals surface area contributed by atoms with Crippen molar-refractivity contribution in [3.05, 3.63) is 21.9 Å². The van der Waals surface area contributed by atoms with Crippen molar-refractivity contribution in [2.45, 2.75) is 39.3 Å². The highest BCUT2D eigenvalue weighted by Gasteiger charge is 2.04. The Bertz CT molecular complexity index is 311. The molecule has 1 atom stereocenters. The van der Waals surface area contributed by atoms with Gasteiger partial charge in [0.05, 0.1) is 12.5 Å². The molecule has 0 fully saturated rings. The first kappa shape index (κ1) is 11.2. The normalized spacial score (nSPS) is 12.4. The van der Waals surface area contributed by atoms with Crippen LogP contribution in [0.3, 0.4) is 0 Å². The Morgan fingerprint density at radius 2 is 2.43 bits per heavy atom. The number of nitrogens with one attached hydrogen (secondary N) is 1. The summed E-state index contributed by atoms with van der Waals surface area (Å²) in [5, 5.41) is 14.0. The summed E-state index contributed by atoms with van der Waals surface area (Å²) in [5.41, 5.74) is 1.42. The van der Waals surface area contributed by atoms with Crippen LogP contribution >= 0.6 is 11.3 Å². The van der Waals surface area contributed by atoms with Crippen LogP contribution < -0.4 is 5.32 Å². The van der Waals surface area contributed by atoms with Crippen LogP contribution in [-0.4, -0.2) is 6.04 Å². The van der Waals surface area contributed by atoms with Crippen LogP contribution in [0.5, 0.6) is 0 Å². The molecule has 1 N–H and O–H groups in total. The molecule has 1 aromatic rings. The van der Waals surface area contributed by atoms with Crippen LogP contribution in [0, 0.1) is 11.3 Å². The Hall–Kier alpha value is -0.850. The van der Waals surface area contributed by atoms with Crippen molar-refractivity contribution in [1.29, 1.82) is 5.26 Å². The summed E-state index contributed by atoms with van der Waals surface area (Å²) in [6.07, 6.45) is 1.67. The quantitative estimate of drug-likeness (QED) is 0.807. The van der Waals surface area contributed by atoms with Crippen molar-refractivity contribution >= 4 is 11.3 Å². The van der Waals surface area contributed by atoms with E-state index < -0.39 is 0 Å². The average molecular weight is 208 g/mol. The van der Waals surface area contributed by atoms with Gasteiger partial charge in [-0.2, -0.15) is 5.26 Å². The first-order valence-electron chi connectivity index (χ1n) is 4.93. The van der Waals surface area contributed by atoms with E-state index in [2.05, 4.69) is 29.8 Å². The lowest BCUT2D eigenvalue weighted by Crippen LogP contribution is -2.24. The predicted molar refractivity (Wildman–Crippen MR) is 60.2 cm³/mol. The Morgan fingerprint density at radius 3 is 3.07 bits per heavy atom. The number of aryl methyl sites for hydroxylation is 1. The van der Waals surface area contributed by atoms with Gasteiger partial charge in [0.1, 0.15) is 0 Å². The van der Waals surface area contributed by atoms with Gasteiger partial charge in [0.25, 0.3) is 0 Å². The van der Waals surface area contributed by atoms with Gasteiger partial charge in [-0.3, -0.25) is 0 Å². The molecule has 0 aromatic carbocycles. The molecule has 0 saturated carbocycles. The van der Waals surface area contributed by atoms with Gasteiger partial charge in [-0.05, 0) is 30.4 Å². The van der Waals surface area contributed by atoms with Gasteiger partial charge in [-0.1, -0.05) is 6.92 Å². The van der Waals surface area contributed by atoms with Gasteiger partial charge >= 0.3 is 0 Å². The molecule has 0 bridgehead atoms. The summed E-state index contributed by atoms with van der Waals surface area (Å²) >= 11 is 1.79. The Morgan fingerprint density at radius 1 is 1.64 bits per heavy atom. The van der Waals surface area contributed by atoms with E-state index in [1.807, 2.05) is 6.92 Å². The Labute approximate surface area is 89.6 Å². The largest absolute Gasteiger partial charge is 0.308 e. The zero-order valence-corrected chi connectivity index (χ0v) is 9.53. The molecule has 0 saturated heterocycles. The van der Waals surface area contributed by atoms with Crippen molar-refractivity contribution in [3.8, 4) is 6.07 Å². The zero-order chi connectivity index (χ0) is 10.4. The number of hydrogen-bond donors (Lipinski definition) is 1. The van der Waals surface area contributed by atoms with Crippen LogP contribution in [0.25, 0.3) is 0 Å². The minimum Gasteiger partial charge on any atom is -0.308 e. The summed E-state index contributed by atoms with van der Waals surface area (Å²) in [5.74, 6) is 0. The van der Waals surface area contributed by atoms with E-state index in [0.717, 1.165) is 13.0 Å². The number of hydrogen-bond acceptors (Lipinski definition) is 3.